The molecule has 2 rings (SSSR count). The summed E-state index contributed by atoms with van der Waals surface area (Å²) in [6.45, 7) is 6.07. The maximum absolute atomic E-state index is 11.9. The lowest BCUT2D eigenvalue weighted by Crippen LogP contribution is -2.16. The van der Waals surface area contributed by atoms with Crippen LogP contribution < -0.4 is 4.72 Å². The van der Waals surface area contributed by atoms with Gasteiger partial charge in [-0.1, -0.05) is 13.3 Å². The van der Waals surface area contributed by atoms with Crippen LogP contribution in [0.2, 0.25) is 0 Å². The van der Waals surface area contributed by atoms with Gasteiger partial charge in [0, 0.05) is 11.4 Å². The van der Waals surface area contributed by atoms with Crippen LogP contribution in [0.4, 0.5) is 5.69 Å². The van der Waals surface area contributed by atoms with E-state index >= 15 is 0 Å². The number of hydrogen-bond acceptors (Lipinski definition) is 3. The molecule has 0 saturated heterocycles. The van der Waals surface area contributed by atoms with Crippen LogP contribution in [0.25, 0.3) is 10.9 Å². The molecule has 1 heterocycles. The van der Waals surface area contributed by atoms with Gasteiger partial charge in [0.05, 0.1) is 23.2 Å². The standard InChI is InChI=1S/C14H21N3O2S/c1-4-5-8-20(18,19)16-13-7-6-12-10-15-17(11(2)3)14(12)9-13/h6-7,9-11,16H,4-5,8H2,1-3H3. The van der Waals surface area contributed by atoms with Crippen molar-refractivity contribution in [2.24, 2.45) is 0 Å². The zero-order valence-corrected chi connectivity index (χ0v) is 12.9. The van der Waals surface area contributed by atoms with E-state index in [2.05, 4.69) is 9.82 Å². The van der Waals surface area contributed by atoms with Crippen molar-refractivity contribution in [3.8, 4) is 0 Å². The number of aromatic nitrogens is 2. The zero-order chi connectivity index (χ0) is 14.8. The first kappa shape index (κ1) is 14.8. The highest BCUT2D eigenvalue weighted by Crippen LogP contribution is 2.22. The van der Waals surface area contributed by atoms with Gasteiger partial charge in [0.25, 0.3) is 0 Å². The van der Waals surface area contributed by atoms with Gasteiger partial charge in [-0.05, 0) is 38.5 Å². The molecule has 2 aromatic rings. The Morgan fingerprint density at radius 2 is 2.10 bits per heavy atom. The molecule has 0 atom stereocenters. The first-order valence-electron chi connectivity index (χ1n) is 6.90. The van der Waals surface area contributed by atoms with Crippen LogP contribution in [0.1, 0.15) is 39.7 Å². The minimum absolute atomic E-state index is 0.158. The molecule has 6 heteroatoms. The second-order valence-electron chi connectivity index (χ2n) is 5.23. The van der Waals surface area contributed by atoms with E-state index in [0.29, 0.717) is 12.1 Å². The van der Waals surface area contributed by atoms with Gasteiger partial charge in [0.2, 0.25) is 10.0 Å². The molecule has 0 bridgehead atoms. The first-order valence-corrected chi connectivity index (χ1v) is 8.56. The number of nitrogens with zero attached hydrogens (tertiary/aromatic N) is 2. The number of rotatable bonds is 6. The zero-order valence-electron chi connectivity index (χ0n) is 12.1. The van der Waals surface area contributed by atoms with Gasteiger partial charge >= 0.3 is 0 Å². The van der Waals surface area contributed by atoms with Crippen molar-refractivity contribution in [1.82, 2.24) is 9.78 Å². The molecular weight excluding hydrogens is 274 g/mol. The Balaban J connectivity index is 2.29. The lowest BCUT2D eigenvalue weighted by Gasteiger charge is -2.10. The molecule has 0 aliphatic carbocycles. The maximum Gasteiger partial charge on any atom is 0.232 e. The van der Waals surface area contributed by atoms with Gasteiger partial charge in [-0.2, -0.15) is 5.10 Å². The van der Waals surface area contributed by atoms with Crippen molar-refractivity contribution in [1.29, 1.82) is 0 Å². The average molecular weight is 295 g/mol. The summed E-state index contributed by atoms with van der Waals surface area (Å²) in [5.74, 6) is 0.158. The quantitative estimate of drug-likeness (QED) is 0.890. The Labute approximate surface area is 120 Å². The fourth-order valence-corrected chi connectivity index (χ4v) is 3.33. The van der Waals surface area contributed by atoms with Crippen molar-refractivity contribution in [3.05, 3.63) is 24.4 Å². The normalized spacial score (nSPS) is 12.2. The first-order chi connectivity index (χ1) is 9.43. The predicted molar refractivity (Wildman–Crippen MR) is 82.4 cm³/mol. The third-order valence-electron chi connectivity index (χ3n) is 3.13. The van der Waals surface area contributed by atoms with Crippen LogP contribution in [0.3, 0.4) is 0 Å². The van der Waals surface area contributed by atoms with Gasteiger partial charge < -0.3 is 0 Å². The molecule has 1 aromatic heterocycles. The lowest BCUT2D eigenvalue weighted by molar-refractivity contribution is 0.551. The van der Waals surface area contributed by atoms with Crippen LogP contribution in [0.5, 0.6) is 0 Å². The van der Waals surface area contributed by atoms with E-state index in [1.807, 2.05) is 37.6 Å². The SMILES string of the molecule is CCCCS(=O)(=O)Nc1ccc2cnn(C(C)C)c2c1. The van der Waals surface area contributed by atoms with Crippen LogP contribution in [0.15, 0.2) is 24.4 Å². The summed E-state index contributed by atoms with van der Waals surface area (Å²) >= 11 is 0. The monoisotopic (exact) mass is 295 g/mol. The van der Waals surface area contributed by atoms with E-state index in [1.54, 1.807) is 12.3 Å². The highest BCUT2D eigenvalue weighted by molar-refractivity contribution is 7.92. The number of unbranched alkanes of at least 4 members (excludes halogenated alkanes) is 1. The largest absolute Gasteiger partial charge is 0.283 e. The number of fused-ring (bicyclic) bond motifs is 1. The third kappa shape index (κ3) is 3.30. The Kier molecular flexibility index (Phi) is 4.32. The van der Waals surface area contributed by atoms with Gasteiger partial charge in [0.1, 0.15) is 0 Å². The topological polar surface area (TPSA) is 64.0 Å². The Bertz CT molecular complexity index is 690. The van der Waals surface area contributed by atoms with Crippen molar-refractivity contribution < 1.29 is 8.42 Å². The van der Waals surface area contributed by atoms with E-state index in [4.69, 9.17) is 0 Å². The smallest absolute Gasteiger partial charge is 0.232 e. The summed E-state index contributed by atoms with van der Waals surface area (Å²) in [6.07, 6.45) is 3.33. The summed E-state index contributed by atoms with van der Waals surface area (Å²) < 4.78 is 28.4. The molecule has 0 radical (unpaired) electrons. The molecule has 0 saturated carbocycles. The molecule has 20 heavy (non-hydrogen) atoms. The van der Waals surface area contributed by atoms with Crippen LogP contribution >= 0.6 is 0 Å². The van der Waals surface area contributed by atoms with E-state index in [9.17, 15) is 8.42 Å². The Morgan fingerprint density at radius 3 is 2.75 bits per heavy atom. The Hall–Kier alpha value is -1.56. The molecule has 0 spiro atoms. The number of anilines is 1. The Morgan fingerprint density at radius 1 is 1.35 bits per heavy atom. The van der Waals surface area contributed by atoms with Crippen molar-refractivity contribution in [2.45, 2.75) is 39.7 Å². The van der Waals surface area contributed by atoms with Crippen molar-refractivity contribution in [3.63, 3.8) is 0 Å². The van der Waals surface area contributed by atoms with Crippen LogP contribution in [-0.4, -0.2) is 24.0 Å². The highest BCUT2D eigenvalue weighted by Gasteiger charge is 2.11. The second-order valence-corrected chi connectivity index (χ2v) is 7.07. The van der Waals surface area contributed by atoms with Gasteiger partial charge in [-0.15, -0.1) is 0 Å². The van der Waals surface area contributed by atoms with Crippen molar-refractivity contribution in [2.75, 3.05) is 10.5 Å². The highest BCUT2D eigenvalue weighted by atomic mass is 32.2. The number of benzene rings is 1. The average Bonchev–Trinajstić information content (AvgIpc) is 2.79. The van der Waals surface area contributed by atoms with Crippen molar-refractivity contribution >= 4 is 26.6 Å². The van der Waals surface area contributed by atoms with Crippen LogP contribution in [0, 0.1) is 0 Å². The molecule has 1 aromatic carbocycles. The minimum atomic E-state index is -3.26. The summed E-state index contributed by atoms with van der Waals surface area (Å²) in [5, 5.41) is 5.33. The van der Waals surface area contributed by atoms with Gasteiger partial charge in [-0.3, -0.25) is 9.40 Å². The molecule has 5 nitrogen and oxygen atoms in total. The molecule has 0 aliphatic rings. The van der Waals surface area contributed by atoms with Gasteiger partial charge in [0.15, 0.2) is 0 Å². The van der Waals surface area contributed by atoms with E-state index in [0.717, 1.165) is 17.3 Å². The number of sulfonamides is 1. The minimum Gasteiger partial charge on any atom is -0.283 e. The third-order valence-corrected chi connectivity index (χ3v) is 4.50. The van der Waals surface area contributed by atoms with E-state index in [1.165, 1.54) is 0 Å². The molecule has 0 unspecified atom stereocenters. The summed E-state index contributed by atoms with van der Waals surface area (Å²) in [6, 6.07) is 5.74. The fraction of sp³-hybridized carbons (Fsp3) is 0.500. The molecule has 0 fully saturated rings. The summed E-state index contributed by atoms with van der Waals surface area (Å²) in [7, 11) is -3.26. The summed E-state index contributed by atoms with van der Waals surface area (Å²) in [4.78, 5) is 0. The molecule has 1 N–H and O–H groups in total. The molecule has 0 amide bonds. The second kappa shape index (κ2) is 5.83. The predicted octanol–water partition coefficient (Wildman–Crippen LogP) is 3.16. The molecular formula is C14H21N3O2S. The lowest BCUT2D eigenvalue weighted by atomic mass is 10.2. The summed E-state index contributed by atoms with van der Waals surface area (Å²) in [5.41, 5.74) is 1.53. The van der Waals surface area contributed by atoms with Crippen LogP contribution in [-0.2, 0) is 10.0 Å². The molecule has 0 aliphatic heterocycles. The number of nitrogens with one attached hydrogen (secondary N) is 1. The maximum atomic E-state index is 11.9. The van der Waals surface area contributed by atoms with E-state index < -0.39 is 10.0 Å². The fourth-order valence-electron chi connectivity index (χ4n) is 2.08. The number of hydrogen-bond donors (Lipinski definition) is 1. The van der Waals surface area contributed by atoms with E-state index in [-0.39, 0.29) is 11.8 Å². The molecule has 110 valence electrons. The van der Waals surface area contributed by atoms with Gasteiger partial charge in [-0.25, -0.2) is 8.42 Å².